The van der Waals surface area contributed by atoms with Crippen LogP contribution >= 0.6 is 27.5 Å². The summed E-state index contributed by atoms with van der Waals surface area (Å²) in [5.74, 6) is 0.235. The molecule has 0 saturated heterocycles. The zero-order valence-corrected chi connectivity index (χ0v) is 12.0. The van der Waals surface area contributed by atoms with Crippen LogP contribution in [-0.2, 0) is 0 Å². The van der Waals surface area contributed by atoms with Crippen molar-refractivity contribution in [2.75, 3.05) is 5.32 Å². The summed E-state index contributed by atoms with van der Waals surface area (Å²) in [7, 11) is 0. The molecule has 18 heavy (non-hydrogen) atoms. The molecule has 1 aromatic carbocycles. The highest BCUT2D eigenvalue weighted by atomic mass is 79.9. The number of aliphatic imine (C=N–C) groups is 1. The number of benzene rings is 1. The Bertz CT molecular complexity index is 588. The fraction of sp³-hybridized carbons (Fsp3) is 0.0769. The van der Waals surface area contributed by atoms with Gasteiger partial charge in [-0.15, -0.1) is 0 Å². The van der Waals surface area contributed by atoms with Gasteiger partial charge < -0.3 is 5.32 Å². The molecule has 92 valence electrons. The van der Waals surface area contributed by atoms with Crippen LogP contribution in [0.25, 0.3) is 0 Å². The number of dihydropyridines is 1. The average Bonchev–Trinajstić information content (AvgIpc) is 2.35. The topological polar surface area (TPSA) is 48.2 Å². The fourth-order valence-corrected chi connectivity index (χ4v) is 2.02. The van der Waals surface area contributed by atoms with Crippen molar-refractivity contribution in [2.45, 2.75) is 6.92 Å². The molecule has 0 aromatic heterocycles. The molecule has 0 saturated carbocycles. The van der Waals surface area contributed by atoms with E-state index in [1.54, 1.807) is 12.4 Å². The number of allylic oxidation sites excluding steroid dienone is 1. The van der Waals surface area contributed by atoms with Gasteiger partial charge in [-0.2, -0.15) is 0 Å². The van der Waals surface area contributed by atoms with Gasteiger partial charge >= 0.3 is 0 Å². The number of rotatable bonds is 2. The minimum absolute atomic E-state index is 0.235. The summed E-state index contributed by atoms with van der Waals surface area (Å²) in [6, 6.07) is 5.64. The summed E-state index contributed by atoms with van der Waals surface area (Å²) in [5, 5.41) is 11.4. The summed E-state index contributed by atoms with van der Waals surface area (Å²) in [6.45, 7) is 1.94. The number of hydrogen-bond donors (Lipinski definition) is 2. The lowest BCUT2D eigenvalue weighted by Gasteiger charge is -2.09. The number of anilines is 1. The standard InChI is InChI=1S/C13H11BrClN3/c1-8-5-9(13(16)18-6-8)7-17-11-4-2-3-10(14)12(11)15/h2-7,16-17H,1H3/b9-7-,16-13?. The molecule has 1 heterocycles. The van der Waals surface area contributed by atoms with E-state index in [0.717, 1.165) is 21.3 Å². The van der Waals surface area contributed by atoms with Crippen molar-refractivity contribution in [2.24, 2.45) is 4.99 Å². The summed E-state index contributed by atoms with van der Waals surface area (Å²) < 4.78 is 0.830. The van der Waals surface area contributed by atoms with Crippen molar-refractivity contribution in [1.29, 1.82) is 5.41 Å². The molecule has 1 aliphatic heterocycles. The molecule has 2 rings (SSSR count). The van der Waals surface area contributed by atoms with E-state index < -0.39 is 0 Å². The molecule has 5 heteroatoms. The second-order valence-corrected chi connectivity index (χ2v) is 5.07. The Morgan fingerprint density at radius 2 is 2.22 bits per heavy atom. The lowest BCUT2D eigenvalue weighted by atomic mass is 10.1. The van der Waals surface area contributed by atoms with E-state index in [0.29, 0.717) is 5.02 Å². The van der Waals surface area contributed by atoms with Crippen LogP contribution in [0.15, 0.2) is 51.1 Å². The molecule has 0 spiro atoms. The molecule has 2 N–H and O–H groups in total. The number of halogens is 2. The fourth-order valence-electron chi connectivity index (χ4n) is 1.47. The number of nitrogens with one attached hydrogen (secondary N) is 2. The molecule has 0 bridgehead atoms. The maximum Gasteiger partial charge on any atom is 0.153 e. The second kappa shape index (κ2) is 5.50. The van der Waals surface area contributed by atoms with Gasteiger partial charge in [0.25, 0.3) is 0 Å². The predicted octanol–water partition coefficient (Wildman–Crippen LogP) is 4.41. The summed E-state index contributed by atoms with van der Waals surface area (Å²) in [6.07, 6.45) is 5.30. The van der Waals surface area contributed by atoms with E-state index >= 15 is 0 Å². The zero-order chi connectivity index (χ0) is 13.1. The number of hydrogen-bond acceptors (Lipinski definition) is 2. The predicted molar refractivity (Wildman–Crippen MR) is 80.8 cm³/mol. The highest BCUT2D eigenvalue weighted by molar-refractivity contribution is 9.10. The van der Waals surface area contributed by atoms with Crippen LogP contribution in [-0.4, -0.2) is 12.1 Å². The van der Waals surface area contributed by atoms with E-state index in [-0.39, 0.29) is 5.84 Å². The Labute approximate surface area is 119 Å². The van der Waals surface area contributed by atoms with Crippen LogP contribution in [0.5, 0.6) is 0 Å². The third-order valence-electron chi connectivity index (χ3n) is 2.39. The van der Waals surface area contributed by atoms with Crippen molar-refractivity contribution >= 4 is 45.3 Å². The van der Waals surface area contributed by atoms with Crippen molar-refractivity contribution in [1.82, 2.24) is 0 Å². The Balaban J connectivity index is 2.23. The maximum absolute atomic E-state index is 7.70. The van der Waals surface area contributed by atoms with Crippen LogP contribution in [0.4, 0.5) is 5.69 Å². The van der Waals surface area contributed by atoms with Gasteiger partial charge in [-0.05, 0) is 46.6 Å². The van der Waals surface area contributed by atoms with Crippen LogP contribution in [0.2, 0.25) is 5.02 Å². The van der Waals surface area contributed by atoms with Gasteiger partial charge in [-0.1, -0.05) is 17.7 Å². The molecular weight excluding hydrogens is 314 g/mol. The molecule has 1 aliphatic rings. The third-order valence-corrected chi connectivity index (χ3v) is 3.68. The lowest BCUT2D eigenvalue weighted by molar-refractivity contribution is 1.38. The normalized spacial score (nSPS) is 16.9. The second-order valence-electron chi connectivity index (χ2n) is 3.84. The lowest BCUT2D eigenvalue weighted by Crippen LogP contribution is -2.05. The van der Waals surface area contributed by atoms with Gasteiger partial charge in [-0.25, -0.2) is 4.99 Å². The number of nitrogens with zero attached hydrogens (tertiary/aromatic N) is 1. The average molecular weight is 325 g/mol. The monoisotopic (exact) mass is 323 g/mol. The van der Waals surface area contributed by atoms with E-state index in [2.05, 4.69) is 26.2 Å². The van der Waals surface area contributed by atoms with Gasteiger partial charge in [0.15, 0.2) is 5.84 Å². The van der Waals surface area contributed by atoms with Crippen LogP contribution in [0.3, 0.4) is 0 Å². The molecular formula is C13H11BrClN3. The summed E-state index contributed by atoms with van der Waals surface area (Å²) in [5.41, 5.74) is 2.53. The quantitative estimate of drug-likeness (QED) is 0.832. The van der Waals surface area contributed by atoms with Crippen molar-refractivity contribution < 1.29 is 0 Å². The minimum Gasteiger partial charge on any atom is -0.360 e. The number of amidine groups is 1. The van der Waals surface area contributed by atoms with Crippen LogP contribution in [0.1, 0.15) is 6.92 Å². The third kappa shape index (κ3) is 2.89. The molecule has 0 fully saturated rings. The zero-order valence-electron chi connectivity index (χ0n) is 9.67. The first kappa shape index (κ1) is 13.1. The molecule has 0 amide bonds. The Kier molecular flexibility index (Phi) is 3.99. The molecule has 1 aromatic rings. The minimum atomic E-state index is 0.235. The SMILES string of the molecule is CC1=C/C(=C/Nc2cccc(Br)c2Cl)C(=N)N=C1. The van der Waals surface area contributed by atoms with E-state index in [1.165, 1.54) is 0 Å². The van der Waals surface area contributed by atoms with E-state index in [4.69, 9.17) is 17.0 Å². The Hall–Kier alpha value is -1.39. The maximum atomic E-state index is 7.70. The van der Waals surface area contributed by atoms with Crippen molar-refractivity contribution in [3.05, 3.63) is 51.1 Å². The molecule has 0 atom stereocenters. The first-order valence-electron chi connectivity index (χ1n) is 5.30. The van der Waals surface area contributed by atoms with Crippen molar-refractivity contribution in [3.8, 4) is 0 Å². The molecule has 0 unspecified atom stereocenters. The van der Waals surface area contributed by atoms with Gasteiger partial charge in [0.1, 0.15) is 0 Å². The van der Waals surface area contributed by atoms with Gasteiger partial charge in [0.2, 0.25) is 0 Å². The van der Waals surface area contributed by atoms with Crippen molar-refractivity contribution in [3.63, 3.8) is 0 Å². The summed E-state index contributed by atoms with van der Waals surface area (Å²) in [4.78, 5) is 3.98. The molecule has 3 nitrogen and oxygen atoms in total. The first-order valence-corrected chi connectivity index (χ1v) is 6.47. The van der Waals surface area contributed by atoms with Gasteiger partial charge in [-0.3, -0.25) is 5.41 Å². The van der Waals surface area contributed by atoms with Gasteiger partial charge in [0, 0.05) is 22.5 Å². The smallest absolute Gasteiger partial charge is 0.153 e. The Morgan fingerprint density at radius 1 is 1.44 bits per heavy atom. The van der Waals surface area contributed by atoms with E-state index in [9.17, 15) is 0 Å². The van der Waals surface area contributed by atoms with Gasteiger partial charge in [0.05, 0.1) is 10.7 Å². The Morgan fingerprint density at radius 3 is 3.00 bits per heavy atom. The highest BCUT2D eigenvalue weighted by Crippen LogP contribution is 2.30. The van der Waals surface area contributed by atoms with Crippen LogP contribution < -0.4 is 5.32 Å². The largest absolute Gasteiger partial charge is 0.360 e. The first-order chi connectivity index (χ1) is 8.58. The molecule has 0 aliphatic carbocycles. The highest BCUT2D eigenvalue weighted by Gasteiger charge is 2.07. The molecule has 0 radical (unpaired) electrons. The summed E-state index contributed by atoms with van der Waals surface area (Å²) >= 11 is 9.50. The van der Waals surface area contributed by atoms with Crippen LogP contribution in [0, 0.1) is 5.41 Å². The van der Waals surface area contributed by atoms with E-state index in [1.807, 2.05) is 31.2 Å².